The number of aliphatic carboxylic acids is 1. The molecule has 32 heavy (non-hydrogen) atoms. The number of carboxylic acid groups (broad SMARTS) is 1. The van der Waals surface area contributed by atoms with Gasteiger partial charge in [0.15, 0.2) is 0 Å². The first-order valence-corrected chi connectivity index (χ1v) is 13.2. The lowest BCUT2D eigenvalue weighted by molar-refractivity contribution is -0.146. The van der Waals surface area contributed by atoms with Crippen molar-refractivity contribution < 1.29 is 14.6 Å². The van der Waals surface area contributed by atoms with E-state index in [0.717, 1.165) is 66.4 Å². The molecule has 2 fully saturated rings. The summed E-state index contributed by atoms with van der Waals surface area (Å²) in [4.78, 5) is 18.9. The van der Waals surface area contributed by atoms with Gasteiger partial charge < -0.3 is 14.7 Å². The minimum atomic E-state index is -0.623. The molecular weight excluding hydrogens is 420 g/mol. The van der Waals surface area contributed by atoms with Gasteiger partial charge >= 0.3 is 5.97 Å². The van der Waals surface area contributed by atoms with Crippen LogP contribution in [0.2, 0.25) is 0 Å². The van der Waals surface area contributed by atoms with Gasteiger partial charge in [-0.2, -0.15) is 11.8 Å². The number of piperidine rings is 1. The second-order valence-corrected chi connectivity index (χ2v) is 10.7. The molecule has 2 aromatic rings. The highest BCUT2D eigenvalue weighted by Gasteiger charge is 2.33. The van der Waals surface area contributed by atoms with Gasteiger partial charge in [0.1, 0.15) is 5.75 Å². The van der Waals surface area contributed by atoms with Crippen LogP contribution in [0.25, 0.3) is 10.9 Å². The second kappa shape index (κ2) is 11.4. The van der Waals surface area contributed by atoms with Crippen LogP contribution in [0.3, 0.4) is 0 Å². The maximum atomic E-state index is 12.0. The third-order valence-corrected chi connectivity index (χ3v) is 8.64. The lowest BCUT2D eigenvalue weighted by Crippen LogP contribution is -2.44. The molecule has 5 nitrogen and oxygen atoms in total. The molecule has 1 aromatic carbocycles. The Hall–Kier alpha value is -1.79. The standard InChI is InChI=1S/C26H36N2O3S/c1-31-21-9-10-25-23(17-21)19(11-13-27-25)5-4-6-20-12-14-28(18-24(20)26(29)30)15-16-32-22-7-2-3-8-22/h9-11,13,17,20,22,24H,2-8,12,14-16,18H2,1H3,(H,29,30)/t20-,24+/m1/s1. The maximum Gasteiger partial charge on any atom is 0.308 e. The van der Waals surface area contributed by atoms with E-state index in [1.165, 1.54) is 31.2 Å². The molecule has 174 valence electrons. The number of fused-ring (bicyclic) bond motifs is 1. The van der Waals surface area contributed by atoms with Crippen molar-refractivity contribution in [2.75, 3.05) is 32.5 Å². The van der Waals surface area contributed by atoms with E-state index in [4.69, 9.17) is 4.74 Å². The van der Waals surface area contributed by atoms with Crippen molar-refractivity contribution in [1.29, 1.82) is 0 Å². The summed E-state index contributed by atoms with van der Waals surface area (Å²) in [5, 5.41) is 11.9. The normalized spacial score (nSPS) is 22.4. The van der Waals surface area contributed by atoms with Crippen LogP contribution in [0.1, 0.15) is 50.5 Å². The number of pyridine rings is 1. The number of carboxylic acids is 1. The van der Waals surface area contributed by atoms with Gasteiger partial charge in [-0.1, -0.05) is 12.8 Å². The van der Waals surface area contributed by atoms with Crippen LogP contribution in [0.5, 0.6) is 5.75 Å². The van der Waals surface area contributed by atoms with E-state index in [1.807, 2.05) is 18.3 Å². The number of aryl methyl sites for hydroxylation is 1. The van der Waals surface area contributed by atoms with E-state index >= 15 is 0 Å². The molecule has 0 bridgehead atoms. The fraction of sp³-hybridized carbons (Fsp3) is 0.615. The Balaban J connectivity index is 1.28. The molecule has 1 saturated carbocycles. The molecular formula is C26H36N2O3S. The van der Waals surface area contributed by atoms with E-state index in [0.29, 0.717) is 6.54 Å². The average molecular weight is 457 g/mol. The molecule has 2 aliphatic rings. The van der Waals surface area contributed by atoms with E-state index in [2.05, 4.69) is 33.8 Å². The fourth-order valence-corrected chi connectivity index (χ4v) is 6.75. The topological polar surface area (TPSA) is 62.7 Å². The average Bonchev–Trinajstić information content (AvgIpc) is 3.33. The van der Waals surface area contributed by atoms with E-state index in [1.54, 1.807) is 7.11 Å². The van der Waals surface area contributed by atoms with Crippen molar-refractivity contribution in [3.63, 3.8) is 0 Å². The number of carbonyl (C=O) groups is 1. The van der Waals surface area contributed by atoms with E-state index in [9.17, 15) is 9.90 Å². The molecule has 1 N–H and O–H groups in total. The minimum absolute atomic E-state index is 0.241. The number of ether oxygens (including phenoxy) is 1. The van der Waals surface area contributed by atoms with Gasteiger partial charge in [0.2, 0.25) is 0 Å². The van der Waals surface area contributed by atoms with Crippen molar-refractivity contribution >= 4 is 28.6 Å². The number of aromatic nitrogens is 1. The van der Waals surface area contributed by atoms with Gasteiger partial charge in [0.25, 0.3) is 0 Å². The van der Waals surface area contributed by atoms with Crippen molar-refractivity contribution in [2.24, 2.45) is 11.8 Å². The third-order valence-electron chi connectivity index (χ3n) is 7.28. The number of rotatable bonds is 10. The molecule has 1 aliphatic carbocycles. The molecule has 0 spiro atoms. The van der Waals surface area contributed by atoms with Crippen LogP contribution in [0.4, 0.5) is 0 Å². The van der Waals surface area contributed by atoms with Gasteiger partial charge in [-0.05, 0) is 80.8 Å². The SMILES string of the molecule is COc1ccc2nccc(CCC[C@@H]3CCN(CCSC4CCCC4)C[C@@H]3C(=O)O)c2c1. The van der Waals surface area contributed by atoms with Crippen molar-refractivity contribution in [2.45, 2.75) is 56.6 Å². The van der Waals surface area contributed by atoms with Crippen LogP contribution >= 0.6 is 11.8 Å². The summed E-state index contributed by atoms with van der Waals surface area (Å²) in [5.41, 5.74) is 2.25. The molecule has 0 amide bonds. The smallest absolute Gasteiger partial charge is 0.308 e. The molecule has 6 heteroatoms. The van der Waals surface area contributed by atoms with Crippen LogP contribution in [0, 0.1) is 11.8 Å². The Kier molecular flexibility index (Phi) is 8.31. The van der Waals surface area contributed by atoms with Crippen LogP contribution in [0.15, 0.2) is 30.5 Å². The quantitative estimate of drug-likeness (QED) is 0.526. The number of benzene rings is 1. The first kappa shape index (κ1) is 23.4. The molecule has 1 aliphatic heterocycles. The first-order valence-electron chi connectivity index (χ1n) is 12.1. The van der Waals surface area contributed by atoms with Crippen LogP contribution in [-0.2, 0) is 11.2 Å². The monoisotopic (exact) mass is 456 g/mol. The molecule has 4 rings (SSSR count). The molecule has 1 saturated heterocycles. The van der Waals surface area contributed by atoms with Gasteiger partial charge in [-0.3, -0.25) is 9.78 Å². The van der Waals surface area contributed by atoms with Crippen molar-refractivity contribution in [3.8, 4) is 5.75 Å². The van der Waals surface area contributed by atoms with Gasteiger partial charge in [-0.15, -0.1) is 0 Å². The maximum absolute atomic E-state index is 12.0. The zero-order valence-electron chi connectivity index (χ0n) is 19.2. The fourth-order valence-electron chi connectivity index (χ4n) is 5.38. The Morgan fingerprint density at radius 2 is 2.09 bits per heavy atom. The Morgan fingerprint density at radius 3 is 2.88 bits per heavy atom. The Labute approximate surface area is 195 Å². The summed E-state index contributed by atoms with van der Waals surface area (Å²) in [6.45, 7) is 2.78. The highest BCUT2D eigenvalue weighted by Crippen LogP contribution is 2.32. The molecule has 1 aromatic heterocycles. The summed E-state index contributed by atoms with van der Waals surface area (Å²) >= 11 is 2.10. The summed E-state index contributed by atoms with van der Waals surface area (Å²) in [5.74, 6) is 1.39. The largest absolute Gasteiger partial charge is 0.497 e. The van der Waals surface area contributed by atoms with Crippen molar-refractivity contribution in [3.05, 3.63) is 36.0 Å². The highest BCUT2D eigenvalue weighted by atomic mass is 32.2. The van der Waals surface area contributed by atoms with Crippen molar-refractivity contribution in [1.82, 2.24) is 9.88 Å². The molecule has 2 heterocycles. The number of nitrogens with zero attached hydrogens (tertiary/aromatic N) is 2. The number of thioether (sulfide) groups is 1. The molecule has 0 radical (unpaired) electrons. The van der Waals surface area contributed by atoms with Gasteiger partial charge in [-0.25, -0.2) is 0 Å². The predicted molar refractivity (Wildman–Crippen MR) is 132 cm³/mol. The highest BCUT2D eigenvalue weighted by molar-refractivity contribution is 7.99. The second-order valence-electron chi connectivity index (χ2n) is 9.32. The predicted octanol–water partition coefficient (Wildman–Crippen LogP) is 5.26. The summed E-state index contributed by atoms with van der Waals surface area (Å²) < 4.78 is 5.38. The molecule has 0 unspecified atom stereocenters. The van der Waals surface area contributed by atoms with E-state index in [-0.39, 0.29) is 11.8 Å². The summed E-state index contributed by atoms with van der Waals surface area (Å²) in [6.07, 6.45) is 11.3. The number of likely N-dealkylation sites (tertiary alicyclic amines) is 1. The minimum Gasteiger partial charge on any atom is -0.497 e. The number of hydrogen-bond acceptors (Lipinski definition) is 5. The number of hydrogen-bond donors (Lipinski definition) is 1. The summed E-state index contributed by atoms with van der Waals surface area (Å²) in [6, 6.07) is 8.08. The third kappa shape index (κ3) is 5.96. The number of methoxy groups -OCH3 is 1. The summed E-state index contributed by atoms with van der Waals surface area (Å²) in [7, 11) is 1.68. The van der Waals surface area contributed by atoms with Crippen LogP contribution in [-0.4, -0.2) is 58.7 Å². The first-order chi connectivity index (χ1) is 15.6. The molecule has 2 atom stereocenters. The Morgan fingerprint density at radius 1 is 1.25 bits per heavy atom. The zero-order chi connectivity index (χ0) is 22.3. The Bertz CT molecular complexity index is 900. The lowest BCUT2D eigenvalue weighted by Gasteiger charge is -2.36. The lowest BCUT2D eigenvalue weighted by atomic mass is 9.81. The van der Waals surface area contributed by atoms with E-state index < -0.39 is 5.97 Å². The van der Waals surface area contributed by atoms with Gasteiger partial charge in [0.05, 0.1) is 18.5 Å². The zero-order valence-corrected chi connectivity index (χ0v) is 20.0. The van der Waals surface area contributed by atoms with Gasteiger partial charge in [0, 0.05) is 35.7 Å². The van der Waals surface area contributed by atoms with Crippen LogP contribution < -0.4 is 4.74 Å².